The smallest absolute Gasteiger partial charge is 0.311 e. The van der Waals surface area contributed by atoms with Gasteiger partial charge >= 0.3 is 5.97 Å². The number of esters is 1. The average molecular weight is 851 g/mol. The average Bonchev–Trinajstić information content (AvgIpc) is 3.18. The normalized spacial score (nSPS) is 45.0. The molecule has 344 valence electrons. The van der Waals surface area contributed by atoms with E-state index in [0.29, 0.717) is 19.4 Å². The Bertz CT molecular complexity index is 1350. The first-order valence-electron chi connectivity index (χ1n) is 20.8. The first-order valence-corrected chi connectivity index (χ1v) is 20.8. The topological polar surface area (TPSA) is 234 Å². The SMILES string of the molecule is CC[C@H]1OC(=O)[C@H](C)[C@@H](O[C@H]2C[C@](C)(OC)[C@@H](O)C(C)O2)[C@H](C)[C@@H](O[C@@H]2OC(C)C[C@@H](N(C)C=O)C2O)[C@](C)(O)C[C@@H](C)/C(=N\OCOCCOC)[C@H](C)[C@@H](O)[C@]1(C)O. The number of rotatable bonds is 14. The number of aliphatic hydroxyl groups is 5. The van der Waals surface area contributed by atoms with E-state index in [4.69, 9.17) is 42.7 Å². The molecule has 3 heterocycles. The van der Waals surface area contributed by atoms with E-state index >= 15 is 0 Å². The predicted molar refractivity (Wildman–Crippen MR) is 213 cm³/mol. The Labute approximate surface area is 349 Å². The molecule has 0 aromatic heterocycles. The molecular weight excluding hydrogens is 776 g/mol. The summed E-state index contributed by atoms with van der Waals surface area (Å²) in [5.74, 6) is -4.37. The van der Waals surface area contributed by atoms with Gasteiger partial charge in [-0.25, -0.2) is 0 Å². The van der Waals surface area contributed by atoms with Crippen LogP contribution in [0.5, 0.6) is 0 Å². The van der Waals surface area contributed by atoms with Crippen LogP contribution in [0.3, 0.4) is 0 Å². The van der Waals surface area contributed by atoms with Gasteiger partial charge in [0.15, 0.2) is 12.6 Å². The number of hydrogen-bond acceptors (Lipinski definition) is 17. The van der Waals surface area contributed by atoms with Crippen molar-refractivity contribution in [1.29, 1.82) is 0 Å². The molecule has 0 bridgehead atoms. The molecule has 0 radical (unpaired) electrons. The van der Waals surface area contributed by atoms with Gasteiger partial charge in [-0.1, -0.05) is 32.9 Å². The first kappa shape index (κ1) is 51.3. The number of methoxy groups -OCH3 is 2. The van der Waals surface area contributed by atoms with Crippen molar-refractivity contribution in [3.8, 4) is 0 Å². The van der Waals surface area contributed by atoms with E-state index in [9.17, 15) is 35.1 Å². The lowest BCUT2D eigenvalue weighted by molar-refractivity contribution is -0.317. The molecule has 59 heavy (non-hydrogen) atoms. The molecule has 1 amide bonds. The number of carbonyl (C=O) groups is 2. The predicted octanol–water partition coefficient (Wildman–Crippen LogP) is 1.74. The second-order valence-electron chi connectivity index (χ2n) is 17.5. The first-order chi connectivity index (χ1) is 27.5. The lowest BCUT2D eigenvalue weighted by Crippen LogP contribution is -2.61. The summed E-state index contributed by atoms with van der Waals surface area (Å²) in [4.78, 5) is 33.1. The van der Waals surface area contributed by atoms with Gasteiger partial charge in [0, 0.05) is 45.4 Å². The third kappa shape index (κ3) is 12.3. The van der Waals surface area contributed by atoms with E-state index in [1.54, 1.807) is 69.4 Å². The molecule has 3 aliphatic heterocycles. The van der Waals surface area contributed by atoms with Crippen LogP contribution in [0.4, 0.5) is 0 Å². The number of amides is 1. The molecule has 3 fully saturated rings. The highest BCUT2D eigenvalue weighted by Crippen LogP contribution is 2.41. The molecule has 5 N–H and O–H groups in total. The molecule has 18 nitrogen and oxygen atoms in total. The van der Waals surface area contributed by atoms with Crippen molar-refractivity contribution >= 4 is 18.1 Å². The van der Waals surface area contributed by atoms with Crippen LogP contribution in [0.25, 0.3) is 0 Å². The molecule has 0 saturated carbocycles. The fourth-order valence-corrected chi connectivity index (χ4v) is 8.90. The quantitative estimate of drug-likeness (QED) is 0.0551. The van der Waals surface area contributed by atoms with E-state index in [-0.39, 0.29) is 38.4 Å². The molecule has 3 rings (SSSR count). The van der Waals surface area contributed by atoms with Crippen LogP contribution < -0.4 is 0 Å². The van der Waals surface area contributed by atoms with Crippen LogP contribution in [-0.2, 0) is 52.3 Å². The second kappa shape index (κ2) is 21.8. The molecule has 3 unspecified atom stereocenters. The monoisotopic (exact) mass is 851 g/mol. The Morgan fingerprint density at radius 1 is 0.932 bits per heavy atom. The lowest BCUT2D eigenvalue weighted by Gasteiger charge is -2.49. The van der Waals surface area contributed by atoms with Gasteiger partial charge < -0.3 is 73.2 Å². The molecule has 3 aliphatic rings. The molecule has 0 spiro atoms. The van der Waals surface area contributed by atoms with E-state index in [1.165, 1.54) is 26.0 Å². The van der Waals surface area contributed by atoms with E-state index in [0.717, 1.165) is 0 Å². The van der Waals surface area contributed by atoms with Crippen molar-refractivity contribution in [2.75, 3.05) is 41.3 Å². The van der Waals surface area contributed by atoms with E-state index in [2.05, 4.69) is 5.16 Å². The Kier molecular flexibility index (Phi) is 19.0. The molecular formula is C41H74N2O16. The zero-order valence-corrected chi connectivity index (χ0v) is 37.3. The van der Waals surface area contributed by atoms with Gasteiger partial charge in [0.1, 0.15) is 23.9 Å². The number of hydrogen-bond donors (Lipinski definition) is 5. The van der Waals surface area contributed by atoms with Gasteiger partial charge in [-0.15, -0.1) is 0 Å². The Hall–Kier alpha value is -2.07. The van der Waals surface area contributed by atoms with Crippen LogP contribution in [0, 0.1) is 23.7 Å². The maximum absolute atomic E-state index is 14.3. The summed E-state index contributed by atoms with van der Waals surface area (Å²) in [5, 5.41) is 63.5. The van der Waals surface area contributed by atoms with Crippen molar-refractivity contribution in [1.82, 2.24) is 4.90 Å². The second-order valence-corrected chi connectivity index (χ2v) is 17.5. The summed E-state index contributed by atoms with van der Waals surface area (Å²) in [6.07, 6.45) is -10.1. The van der Waals surface area contributed by atoms with Crippen LogP contribution >= 0.6 is 0 Å². The molecule has 0 aromatic carbocycles. The summed E-state index contributed by atoms with van der Waals surface area (Å²) in [7, 11) is 4.55. The Morgan fingerprint density at radius 3 is 2.19 bits per heavy atom. The zero-order valence-electron chi connectivity index (χ0n) is 37.3. The molecule has 18 heteroatoms. The minimum Gasteiger partial charge on any atom is -0.459 e. The lowest BCUT2D eigenvalue weighted by atomic mass is 9.73. The highest BCUT2D eigenvalue weighted by Gasteiger charge is 2.53. The summed E-state index contributed by atoms with van der Waals surface area (Å²) >= 11 is 0. The van der Waals surface area contributed by atoms with Crippen molar-refractivity contribution in [2.24, 2.45) is 28.8 Å². The van der Waals surface area contributed by atoms with Gasteiger partial charge in [0.25, 0.3) is 0 Å². The minimum absolute atomic E-state index is 0.0615. The van der Waals surface area contributed by atoms with Crippen molar-refractivity contribution in [2.45, 2.75) is 179 Å². The number of aliphatic hydroxyl groups excluding tert-OH is 3. The van der Waals surface area contributed by atoms with Crippen molar-refractivity contribution in [3.05, 3.63) is 0 Å². The van der Waals surface area contributed by atoms with Gasteiger partial charge in [-0.3, -0.25) is 9.59 Å². The fraction of sp³-hybridized carbons (Fsp3) is 0.927. The zero-order chi connectivity index (χ0) is 44.6. The van der Waals surface area contributed by atoms with E-state index in [1.807, 2.05) is 0 Å². The summed E-state index contributed by atoms with van der Waals surface area (Å²) < 4.78 is 47.9. The Morgan fingerprint density at radius 2 is 1.59 bits per heavy atom. The largest absolute Gasteiger partial charge is 0.459 e. The van der Waals surface area contributed by atoms with Crippen LogP contribution in [0.1, 0.15) is 94.9 Å². The summed E-state index contributed by atoms with van der Waals surface area (Å²) in [6.45, 7) is 16.9. The highest BCUT2D eigenvalue weighted by atomic mass is 16.7. The van der Waals surface area contributed by atoms with Gasteiger partial charge in [0.2, 0.25) is 13.2 Å². The van der Waals surface area contributed by atoms with Crippen LogP contribution in [0.15, 0.2) is 5.16 Å². The third-order valence-electron chi connectivity index (χ3n) is 12.6. The van der Waals surface area contributed by atoms with E-state index < -0.39 is 114 Å². The molecule has 0 aromatic rings. The fourth-order valence-electron chi connectivity index (χ4n) is 8.90. The van der Waals surface area contributed by atoms with Crippen molar-refractivity contribution in [3.63, 3.8) is 0 Å². The van der Waals surface area contributed by atoms with Gasteiger partial charge in [0.05, 0.1) is 72.6 Å². The third-order valence-corrected chi connectivity index (χ3v) is 12.6. The van der Waals surface area contributed by atoms with Crippen LogP contribution in [-0.4, -0.2) is 174 Å². The highest BCUT2D eigenvalue weighted by molar-refractivity contribution is 5.88. The molecule has 3 saturated heterocycles. The standard InChI is InChI=1S/C41H74N2O16/c1-14-29-41(10,50)34(46)24(4)31(42-54-21-53-16-15-51-12)22(2)18-39(8,49)36(59-38-32(45)28(43(11)20-44)17-23(3)55-38)25(5)33(26(6)37(48)57-29)58-30-19-40(9,52-13)35(47)27(7)56-30/h20,22-30,32-36,38,45-47,49-50H,14-19,21H2,1-13H3/b42-31+/t22-,23?,24+,25+,26-,27?,28-,29-,30+,32?,33+,34-,35+,36-,38+,39-,40+,41-/m1/s1. The number of cyclic esters (lactones) is 1. The molecule has 18 atom stereocenters. The van der Waals surface area contributed by atoms with Crippen LogP contribution in [0.2, 0.25) is 0 Å². The number of nitrogens with zero attached hydrogens (tertiary/aromatic N) is 2. The Balaban J connectivity index is 2.23. The summed E-state index contributed by atoms with van der Waals surface area (Å²) in [6, 6.07) is -0.682. The number of likely N-dealkylation sites (N-methyl/N-ethyl adjacent to an activating group) is 1. The minimum atomic E-state index is -1.99. The van der Waals surface area contributed by atoms with Gasteiger partial charge in [-0.2, -0.15) is 0 Å². The van der Waals surface area contributed by atoms with Gasteiger partial charge in [-0.05, 0) is 60.8 Å². The number of carbonyl (C=O) groups excluding carboxylic acids is 2. The molecule has 0 aliphatic carbocycles. The van der Waals surface area contributed by atoms with Crippen molar-refractivity contribution < 1.29 is 77.9 Å². The maximum atomic E-state index is 14.3. The summed E-state index contributed by atoms with van der Waals surface area (Å²) in [5.41, 5.74) is -4.66. The maximum Gasteiger partial charge on any atom is 0.311 e. The number of oxime groups is 1. The number of ether oxygens (including phenoxy) is 8.